The molecule has 3 aromatic heterocycles. The molecule has 0 amide bonds. The average Bonchev–Trinajstić information content (AvgIpc) is 2.76. The van der Waals surface area contributed by atoms with Crippen molar-refractivity contribution in [1.82, 2.24) is 24.1 Å². The van der Waals surface area contributed by atoms with Gasteiger partial charge in [0.2, 0.25) is 0 Å². The molecule has 19 heavy (non-hydrogen) atoms. The highest BCUT2D eigenvalue weighted by molar-refractivity contribution is 5.32. The minimum absolute atomic E-state index is 0.243. The molecule has 0 aliphatic carbocycles. The maximum atomic E-state index is 12.0. The monoisotopic (exact) mass is 252 g/mol. The number of hydrogen-bond donors (Lipinski definition) is 0. The van der Waals surface area contributed by atoms with Crippen LogP contribution >= 0.6 is 0 Å². The Kier molecular flexibility index (Phi) is 2.54. The number of nitriles is 1. The summed E-state index contributed by atoms with van der Waals surface area (Å²) in [5.74, 6) is 0. The van der Waals surface area contributed by atoms with Gasteiger partial charge in [0, 0.05) is 18.6 Å². The van der Waals surface area contributed by atoms with Crippen LogP contribution in [0.5, 0.6) is 0 Å². The van der Waals surface area contributed by atoms with Crippen LogP contribution in [0.2, 0.25) is 0 Å². The smallest absolute Gasteiger partial charge is 0.259 e. The highest BCUT2D eigenvalue weighted by Gasteiger charge is 2.07. The molecule has 0 radical (unpaired) electrons. The van der Waals surface area contributed by atoms with E-state index in [1.807, 2.05) is 6.07 Å². The molecule has 0 aliphatic heterocycles. The molecule has 0 fully saturated rings. The van der Waals surface area contributed by atoms with Crippen LogP contribution in [-0.4, -0.2) is 24.1 Å². The van der Waals surface area contributed by atoms with E-state index in [1.165, 1.54) is 27.7 Å². The van der Waals surface area contributed by atoms with Gasteiger partial charge in [0.1, 0.15) is 11.8 Å². The first-order valence-electron chi connectivity index (χ1n) is 5.52. The summed E-state index contributed by atoms with van der Waals surface area (Å²) in [6, 6.07) is 5.34. The van der Waals surface area contributed by atoms with E-state index in [0.717, 1.165) is 5.56 Å². The predicted octanol–water partition coefficient (Wildman–Crippen LogP) is 0.206. The summed E-state index contributed by atoms with van der Waals surface area (Å²) in [6.07, 6.45) is 6.15. The van der Waals surface area contributed by atoms with E-state index >= 15 is 0 Å². The quantitative estimate of drug-likeness (QED) is 0.650. The van der Waals surface area contributed by atoms with E-state index < -0.39 is 0 Å². The van der Waals surface area contributed by atoms with E-state index in [1.54, 1.807) is 18.3 Å². The highest BCUT2D eigenvalue weighted by atomic mass is 16.2. The Morgan fingerprint density at radius 2 is 2.26 bits per heavy atom. The summed E-state index contributed by atoms with van der Waals surface area (Å²) in [5.41, 5.74) is 1.36. The minimum atomic E-state index is -0.243. The van der Waals surface area contributed by atoms with Crippen molar-refractivity contribution < 1.29 is 0 Å². The van der Waals surface area contributed by atoms with Crippen LogP contribution in [0.4, 0.5) is 0 Å². The standard InChI is InChI=1S/C12H8N6O/c13-6-10-5-9(1-2-15-10)8-18-12(19)17-4-3-14-7-11(17)16-18/h1-5,7H,8H2. The van der Waals surface area contributed by atoms with Crippen LogP contribution in [0.1, 0.15) is 11.3 Å². The lowest BCUT2D eigenvalue weighted by molar-refractivity contribution is 0.658. The topological polar surface area (TPSA) is 88.9 Å². The Labute approximate surface area is 107 Å². The Bertz CT molecular complexity index is 841. The molecule has 0 N–H and O–H groups in total. The molecule has 0 bridgehead atoms. The van der Waals surface area contributed by atoms with Crippen molar-refractivity contribution in [3.8, 4) is 6.07 Å². The molecule has 0 unspecified atom stereocenters. The number of fused-ring (bicyclic) bond motifs is 1. The zero-order valence-corrected chi connectivity index (χ0v) is 9.76. The molecule has 3 heterocycles. The molecular formula is C12H8N6O. The van der Waals surface area contributed by atoms with Crippen molar-refractivity contribution in [2.75, 3.05) is 0 Å². The highest BCUT2D eigenvalue weighted by Crippen LogP contribution is 2.02. The third-order valence-electron chi connectivity index (χ3n) is 2.66. The largest absolute Gasteiger partial charge is 0.350 e. The molecule has 92 valence electrons. The van der Waals surface area contributed by atoms with Crippen molar-refractivity contribution in [3.63, 3.8) is 0 Å². The molecule has 0 atom stereocenters. The van der Waals surface area contributed by atoms with Crippen molar-refractivity contribution in [2.24, 2.45) is 0 Å². The lowest BCUT2D eigenvalue weighted by Crippen LogP contribution is -2.21. The van der Waals surface area contributed by atoms with Crippen molar-refractivity contribution in [2.45, 2.75) is 6.54 Å². The maximum absolute atomic E-state index is 12.0. The van der Waals surface area contributed by atoms with Gasteiger partial charge < -0.3 is 0 Å². The van der Waals surface area contributed by atoms with Gasteiger partial charge >= 0.3 is 5.69 Å². The van der Waals surface area contributed by atoms with Crippen LogP contribution in [0, 0.1) is 11.3 Å². The first-order valence-corrected chi connectivity index (χ1v) is 5.52. The van der Waals surface area contributed by atoms with Gasteiger partial charge in [-0.05, 0) is 17.7 Å². The summed E-state index contributed by atoms with van der Waals surface area (Å²) in [7, 11) is 0. The molecule has 0 aliphatic rings. The summed E-state index contributed by atoms with van der Waals surface area (Å²) in [6.45, 7) is 0.289. The number of pyridine rings is 1. The van der Waals surface area contributed by atoms with E-state index in [-0.39, 0.29) is 12.2 Å². The van der Waals surface area contributed by atoms with Crippen LogP contribution < -0.4 is 5.69 Å². The number of hydrogen-bond acceptors (Lipinski definition) is 5. The van der Waals surface area contributed by atoms with E-state index in [0.29, 0.717) is 11.3 Å². The number of aromatic nitrogens is 5. The second-order valence-electron chi connectivity index (χ2n) is 3.91. The molecule has 0 saturated heterocycles. The third-order valence-corrected chi connectivity index (χ3v) is 2.66. The molecule has 7 heteroatoms. The van der Waals surface area contributed by atoms with Crippen LogP contribution in [0.25, 0.3) is 5.65 Å². The van der Waals surface area contributed by atoms with Crippen LogP contribution in [-0.2, 0) is 6.54 Å². The fourth-order valence-corrected chi connectivity index (χ4v) is 1.79. The summed E-state index contributed by atoms with van der Waals surface area (Å²) in [5, 5.41) is 13.0. The fraction of sp³-hybridized carbons (Fsp3) is 0.0833. The van der Waals surface area contributed by atoms with Crippen molar-refractivity contribution >= 4 is 5.65 Å². The van der Waals surface area contributed by atoms with Gasteiger partial charge in [-0.15, -0.1) is 5.10 Å². The normalized spacial score (nSPS) is 10.5. The second-order valence-corrected chi connectivity index (χ2v) is 3.91. The third kappa shape index (κ3) is 1.95. The van der Waals surface area contributed by atoms with Gasteiger partial charge in [0.05, 0.1) is 12.7 Å². The maximum Gasteiger partial charge on any atom is 0.350 e. The van der Waals surface area contributed by atoms with Gasteiger partial charge in [-0.3, -0.25) is 4.98 Å². The predicted molar refractivity (Wildman–Crippen MR) is 65.3 cm³/mol. The van der Waals surface area contributed by atoms with E-state index in [9.17, 15) is 4.79 Å². The number of rotatable bonds is 2. The Hall–Kier alpha value is -3.01. The Balaban J connectivity index is 2.04. The first-order chi connectivity index (χ1) is 9.28. The van der Waals surface area contributed by atoms with Gasteiger partial charge in [-0.1, -0.05) is 0 Å². The van der Waals surface area contributed by atoms with Crippen LogP contribution in [0.3, 0.4) is 0 Å². The molecule has 3 rings (SSSR count). The van der Waals surface area contributed by atoms with E-state index in [2.05, 4.69) is 15.1 Å². The van der Waals surface area contributed by atoms with Crippen molar-refractivity contribution in [1.29, 1.82) is 5.26 Å². The molecule has 7 nitrogen and oxygen atoms in total. The molecular weight excluding hydrogens is 244 g/mol. The number of nitrogens with zero attached hydrogens (tertiary/aromatic N) is 6. The lowest BCUT2D eigenvalue weighted by atomic mass is 10.2. The van der Waals surface area contributed by atoms with Crippen LogP contribution in [0.15, 0.2) is 41.7 Å². The summed E-state index contributed by atoms with van der Waals surface area (Å²) < 4.78 is 2.74. The summed E-state index contributed by atoms with van der Waals surface area (Å²) in [4.78, 5) is 19.8. The molecule has 0 saturated carbocycles. The fourth-order valence-electron chi connectivity index (χ4n) is 1.79. The minimum Gasteiger partial charge on any atom is -0.259 e. The zero-order valence-electron chi connectivity index (χ0n) is 9.76. The lowest BCUT2D eigenvalue weighted by Gasteiger charge is -1.99. The molecule has 0 aromatic carbocycles. The van der Waals surface area contributed by atoms with Crippen molar-refractivity contribution in [3.05, 3.63) is 58.7 Å². The second kappa shape index (κ2) is 4.34. The Morgan fingerprint density at radius 1 is 1.37 bits per heavy atom. The Morgan fingerprint density at radius 3 is 3.05 bits per heavy atom. The van der Waals surface area contributed by atoms with Gasteiger partial charge in [0.25, 0.3) is 0 Å². The summed E-state index contributed by atoms with van der Waals surface area (Å²) >= 11 is 0. The van der Waals surface area contributed by atoms with E-state index in [4.69, 9.17) is 5.26 Å². The molecule has 3 aromatic rings. The average molecular weight is 252 g/mol. The van der Waals surface area contributed by atoms with Gasteiger partial charge in [-0.25, -0.2) is 18.9 Å². The van der Waals surface area contributed by atoms with Gasteiger partial charge in [-0.2, -0.15) is 5.26 Å². The SMILES string of the molecule is N#Cc1cc(Cn2nc3cnccn3c2=O)ccn1. The van der Waals surface area contributed by atoms with Gasteiger partial charge in [0.15, 0.2) is 5.65 Å². The molecule has 0 spiro atoms. The zero-order chi connectivity index (χ0) is 13.2. The first kappa shape index (κ1) is 11.1.